The van der Waals surface area contributed by atoms with Crippen LogP contribution >= 0.6 is 0 Å². The van der Waals surface area contributed by atoms with Gasteiger partial charge in [0.15, 0.2) is 0 Å². The van der Waals surface area contributed by atoms with Crippen molar-refractivity contribution < 1.29 is 36.7 Å². The Bertz CT molecular complexity index is 1570. The van der Waals surface area contributed by atoms with E-state index in [0.717, 1.165) is 22.3 Å². The van der Waals surface area contributed by atoms with Crippen molar-refractivity contribution >= 4 is 10.1 Å². The summed E-state index contributed by atoms with van der Waals surface area (Å²) in [5.74, 6) is 0. The molecule has 50 heavy (non-hydrogen) atoms. The molecule has 1 heterocycles. The number of benzene rings is 4. The Labute approximate surface area is 297 Å². The summed E-state index contributed by atoms with van der Waals surface area (Å²) in [5, 5.41) is 0. The number of hydrogen-bond donors (Lipinski definition) is 1. The number of hydrogen-bond acceptors (Lipinski definition) is 8. The maximum Gasteiger partial charge on any atom is 0.295 e. The fraction of sp³-hybridized carbons (Fsp3) is 0.400. The van der Waals surface area contributed by atoms with Crippen LogP contribution in [0.1, 0.15) is 43.0 Å². The van der Waals surface area contributed by atoms with Gasteiger partial charge < -0.3 is 28.6 Å². The number of rotatable bonds is 17. The highest BCUT2D eigenvalue weighted by Crippen LogP contribution is 2.33. The van der Waals surface area contributed by atoms with Crippen molar-refractivity contribution in [3.05, 3.63) is 144 Å². The lowest BCUT2D eigenvalue weighted by atomic mass is 9.98. The zero-order valence-corrected chi connectivity index (χ0v) is 30.1. The second-order valence-corrected chi connectivity index (χ2v) is 13.5. The van der Waals surface area contributed by atoms with Gasteiger partial charge in [-0.05, 0) is 41.9 Å². The molecule has 0 amide bonds. The lowest BCUT2D eigenvalue weighted by Crippen LogP contribution is -2.62. The Morgan fingerprint density at radius 3 is 1.28 bits per heavy atom. The van der Waals surface area contributed by atoms with Crippen LogP contribution in [0.15, 0.2) is 121 Å². The summed E-state index contributed by atoms with van der Waals surface area (Å²) in [6.45, 7) is 10.9. The van der Waals surface area contributed by atoms with Gasteiger partial charge in [-0.15, -0.1) is 0 Å². The van der Waals surface area contributed by atoms with Crippen LogP contribution in [0, 0.1) is 0 Å². The highest BCUT2D eigenvalue weighted by Gasteiger charge is 2.52. The van der Waals surface area contributed by atoms with Gasteiger partial charge in [-0.1, -0.05) is 142 Å². The van der Waals surface area contributed by atoms with Gasteiger partial charge in [0.05, 0.1) is 33.0 Å². The Kier molecular flexibility index (Phi) is 16.6. The third-order valence-corrected chi connectivity index (χ3v) is 9.44. The fourth-order valence-electron chi connectivity index (χ4n) is 5.66. The van der Waals surface area contributed by atoms with Crippen molar-refractivity contribution in [3.8, 4) is 0 Å². The molecule has 0 radical (unpaired) electrons. The zero-order valence-electron chi connectivity index (χ0n) is 29.3. The SMILES string of the molecule is CCN(CC)CC.O=S(=O)(O)[C@@H]1O[C@H](COCc2ccccc2)[C@@H](OCc2ccccc2)[C@H](OCc2ccccc2)[C@H]1OCc1ccccc1. The predicted octanol–water partition coefficient (Wildman–Crippen LogP) is 6.92. The standard InChI is InChI=1S/C34H36O8S.C6H15N/c35-43(36,37)34-33(41-24-29-19-11-4-12-20-29)32(40-23-28-17-9-3-10-18-28)31(39-22-27-15-7-2-8-16-27)30(42-34)25-38-21-26-13-5-1-6-14-26;1-4-7(5-2)6-3/h1-20,30-34H,21-25H2,(H,35,36,37);4-6H2,1-3H3/t30-,31-,32+,33-,34+;/m1./s1. The van der Waals surface area contributed by atoms with Crippen LogP contribution in [-0.4, -0.2) is 74.0 Å². The molecule has 0 saturated carbocycles. The molecule has 5 rings (SSSR count). The van der Waals surface area contributed by atoms with Crippen LogP contribution in [0.25, 0.3) is 0 Å². The first-order chi connectivity index (χ1) is 24.3. The van der Waals surface area contributed by atoms with Gasteiger partial charge >= 0.3 is 0 Å². The lowest BCUT2D eigenvalue weighted by molar-refractivity contribution is -0.257. The van der Waals surface area contributed by atoms with Gasteiger partial charge in [-0.2, -0.15) is 8.42 Å². The smallest absolute Gasteiger partial charge is 0.295 e. The third-order valence-electron chi connectivity index (χ3n) is 8.48. The average molecular weight is 706 g/mol. The molecule has 0 aliphatic carbocycles. The molecule has 10 heteroatoms. The first-order valence-corrected chi connectivity index (χ1v) is 18.7. The summed E-state index contributed by atoms with van der Waals surface area (Å²) in [6, 6.07) is 38.1. The summed E-state index contributed by atoms with van der Waals surface area (Å²) in [7, 11) is -4.73. The van der Waals surface area contributed by atoms with Crippen molar-refractivity contribution in [1.29, 1.82) is 0 Å². The van der Waals surface area contributed by atoms with E-state index in [9.17, 15) is 13.0 Å². The second-order valence-electron chi connectivity index (χ2n) is 12.0. The molecule has 4 aromatic rings. The van der Waals surface area contributed by atoms with E-state index < -0.39 is 40.0 Å². The minimum absolute atomic E-state index is 0.00300. The molecule has 1 saturated heterocycles. The van der Waals surface area contributed by atoms with Crippen molar-refractivity contribution in [2.24, 2.45) is 0 Å². The summed E-state index contributed by atoms with van der Waals surface area (Å²) in [6.07, 6.45) is -3.82. The molecule has 1 aliphatic rings. The van der Waals surface area contributed by atoms with E-state index in [1.165, 1.54) is 19.6 Å². The van der Waals surface area contributed by atoms with Gasteiger partial charge in [0, 0.05) is 0 Å². The van der Waals surface area contributed by atoms with Gasteiger partial charge in [-0.25, -0.2) is 0 Å². The normalized spacial score (nSPS) is 20.6. The number of ether oxygens (including phenoxy) is 5. The van der Waals surface area contributed by atoms with Crippen LogP contribution in [-0.2, 0) is 60.2 Å². The topological polar surface area (TPSA) is 104 Å². The molecule has 1 fully saturated rings. The molecule has 1 aliphatic heterocycles. The van der Waals surface area contributed by atoms with Crippen molar-refractivity contribution in [1.82, 2.24) is 4.90 Å². The Hall–Kier alpha value is -3.45. The van der Waals surface area contributed by atoms with E-state index in [1.54, 1.807) is 0 Å². The first kappa shape index (κ1) is 39.3. The van der Waals surface area contributed by atoms with E-state index in [4.69, 9.17) is 23.7 Å². The maximum absolute atomic E-state index is 12.8. The van der Waals surface area contributed by atoms with Gasteiger partial charge in [0.1, 0.15) is 24.4 Å². The quantitative estimate of drug-likeness (QED) is 0.117. The van der Waals surface area contributed by atoms with E-state index in [0.29, 0.717) is 0 Å². The second kappa shape index (κ2) is 21.0. The minimum Gasteiger partial charge on any atom is -0.374 e. The number of nitrogens with zero attached hydrogens (tertiary/aromatic N) is 1. The molecular weight excluding hydrogens is 655 g/mol. The molecule has 0 aromatic heterocycles. The maximum atomic E-state index is 12.8. The molecule has 270 valence electrons. The molecular formula is C40H51NO8S. The highest BCUT2D eigenvalue weighted by atomic mass is 32.2. The van der Waals surface area contributed by atoms with E-state index >= 15 is 0 Å². The van der Waals surface area contributed by atoms with E-state index in [1.807, 2.05) is 121 Å². The molecule has 5 atom stereocenters. The van der Waals surface area contributed by atoms with Crippen LogP contribution < -0.4 is 0 Å². The molecule has 0 bridgehead atoms. The van der Waals surface area contributed by atoms with Gasteiger partial charge in [0.25, 0.3) is 10.1 Å². The van der Waals surface area contributed by atoms with E-state index in [-0.39, 0.29) is 33.0 Å². The third kappa shape index (κ3) is 12.7. The monoisotopic (exact) mass is 705 g/mol. The summed E-state index contributed by atoms with van der Waals surface area (Å²) in [4.78, 5) is 2.38. The lowest BCUT2D eigenvalue weighted by Gasteiger charge is -2.45. The van der Waals surface area contributed by atoms with Crippen LogP contribution in [0.5, 0.6) is 0 Å². The van der Waals surface area contributed by atoms with Crippen molar-refractivity contribution in [2.45, 2.75) is 77.1 Å². The summed E-state index contributed by atoms with van der Waals surface area (Å²) >= 11 is 0. The minimum atomic E-state index is -4.73. The van der Waals surface area contributed by atoms with Gasteiger partial charge in [0.2, 0.25) is 5.44 Å². The average Bonchev–Trinajstić information content (AvgIpc) is 3.15. The van der Waals surface area contributed by atoms with Crippen LogP contribution in [0.2, 0.25) is 0 Å². The fourth-order valence-corrected chi connectivity index (χ4v) is 6.51. The Balaban J connectivity index is 0.000000727. The molecule has 0 unspecified atom stereocenters. The first-order valence-electron chi connectivity index (χ1n) is 17.2. The van der Waals surface area contributed by atoms with E-state index in [2.05, 4.69) is 25.7 Å². The largest absolute Gasteiger partial charge is 0.374 e. The molecule has 9 nitrogen and oxygen atoms in total. The van der Waals surface area contributed by atoms with Crippen LogP contribution in [0.3, 0.4) is 0 Å². The Morgan fingerprint density at radius 2 is 0.920 bits per heavy atom. The zero-order chi connectivity index (χ0) is 35.6. The van der Waals surface area contributed by atoms with Crippen LogP contribution in [0.4, 0.5) is 0 Å². The molecule has 4 aromatic carbocycles. The molecule has 0 spiro atoms. The molecule has 1 N–H and O–H groups in total. The summed E-state index contributed by atoms with van der Waals surface area (Å²) < 4.78 is 67.1. The highest BCUT2D eigenvalue weighted by molar-refractivity contribution is 7.86. The summed E-state index contributed by atoms with van der Waals surface area (Å²) in [5.41, 5.74) is 1.87. The van der Waals surface area contributed by atoms with Gasteiger partial charge in [-0.3, -0.25) is 4.55 Å². The van der Waals surface area contributed by atoms with Crippen molar-refractivity contribution in [3.63, 3.8) is 0 Å². The Morgan fingerprint density at radius 1 is 0.560 bits per heavy atom. The predicted molar refractivity (Wildman–Crippen MR) is 195 cm³/mol. The van der Waals surface area contributed by atoms with Crippen molar-refractivity contribution in [2.75, 3.05) is 26.2 Å².